The van der Waals surface area contributed by atoms with E-state index in [-0.39, 0.29) is 0 Å². The van der Waals surface area contributed by atoms with Gasteiger partial charge in [-0.2, -0.15) is 0 Å². The molecule has 0 aromatic carbocycles. The third-order valence-corrected chi connectivity index (χ3v) is 7.60. The summed E-state index contributed by atoms with van der Waals surface area (Å²) in [6.07, 6.45) is 2.71. The van der Waals surface area contributed by atoms with Crippen molar-refractivity contribution in [3.8, 4) is 0 Å². The number of nitrogens with zero attached hydrogens (tertiary/aromatic N) is 4. The summed E-state index contributed by atoms with van der Waals surface area (Å²) in [6.45, 7) is 24.7. The van der Waals surface area contributed by atoms with Crippen LogP contribution in [0.2, 0.25) is 0 Å². The summed E-state index contributed by atoms with van der Waals surface area (Å²) in [5, 5.41) is 0. The van der Waals surface area contributed by atoms with Gasteiger partial charge in [-0.15, -0.1) is 0 Å². The third-order valence-electron chi connectivity index (χ3n) is 7.60. The standard InChI is InChI=1S/C22H44N4/c1-17(2)23-9-11-24(12-10-23)19(5)7-8-20(6)26-15-21-13-25(18(3)4)14-22(21)16-26/h17-22H,7-16H2,1-6H3. The summed E-state index contributed by atoms with van der Waals surface area (Å²) in [5.74, 6) is 1.86. The van der Waals surface area contributed by atoms with E-state index in [1.165, 1.54) is 65.2 Å². The second-order valence-electron chi connectivity index (χ2n) is 9.96. The lowest BCUT2D eigenvalue weighted by Gasteiger charge is -2.40. The molecule has 4 atom stereocenters. The first-order valence-electron chi connectivity index (χ1n) is 11.3. The topological polar surface area (TPSA) is 13.0 Å². The number of fused-ring (bicyclic) bond motifs is 1. The maximum Gasteiger partial charge on any atom is 0.0113 e. The van der Waals surface area contributed by atoms with Crippen molar-refractivity contribution in [1.29, 1.82) is 0 Å². The molecule has 4 nitrogen and oxygen atoms in total. The molecule has 4 unspecified atom stereocenters. The van der Waals surface area contributed by atoms with Crippen LogP contribution < -0.4 is 0 Å². The SMILES string of the molecule is CC(C)N1CCN(C(C)CCC(C)N2CC3CN(C(C)C)CC3C2)CC1. The lowest BCUT2D eigenvalue weighted by atomic mass is 10.0. The van der Waals surface area contributed by atoms with Gasteiger partial charge in [0.2, 0.25) is 0 Å². The Labute approximate surface area is 162 Å². The van der Waals surface area contributed by atoms with Gasteiger partial charge in [0, 0.05) is 76.5 Å². The molecular formula is C22H44N4. The fourth-order valence-corrected chi connectivity index (χ4v) is 5.39. The van der Waals surface area contributed by atoms with Crippen molar-refractivity contribution in [2.75, 3.05) is 52.4 Å². The van der Waals surface area contributed by atoms with Crippen molar-refractivity contribution in [2.45, 2.75) is 78.6 Å². The Morgan fingerprint density at radius 3 is 1.38 bits per heavy atom. The van der Waals surface area contributed by atoms with Crippen LogP contribution in [0.4, 0.5) is 0 Å². The average Bonchev–Trinajstić information content (AvgIpc) is 3.18. The highest BCUT2D eigenvalue weighted by molar-refractivity contribution is 4.95. The fraction of sp³-hybridized carbons (Fsp3) is 1.00. The summed E-state index contributed by atoms with van der Waals surface area (Å²) in [6, 6.07) is 2.93. The van der Waals surface area contributed by atoms with E-state index in [4.69, 9.17) is 0 Å². The van der Waals surface area contributed by atoms with Crippen LogP contribution in [0.3, 0.4) is 0 Å². The fourth-order valence-electron chi connectivity index (χ4n) is 5.39. The molecule has 3 rings (SSSR count). The Morgan fingerprint density at radius 1 is 0.538 bits per heavy atom. The molecule has 0 aliphatic carbocycles. The molecule has 152 valence electrons. The minimum Gasteiger partial charge on any atom is -0.300 e. The van der Waals surface area contributed by atoms with E-state index >= 15 is 0 Å². The van der Waals surface area contributed by atoms with Crippen LogP contribution >= 0.6 is 0 Å². The largest absolute Gasteiger partial charge is 0.300 e. The molecule has 0 amide bonds. The minimum absolute atomic E-state index is 0.703. The van der Waals surface area contributed by atoms with Crippen molar-refractivity contribution in [2.24, 2.45) is 11.8 Å². The van der Waals surface area contributed by atoms with Gasteiger partial charge in [-0.3, -0.25) is 14.7 Å². The Bertz CT molecular complexity index is 416. The molecule has 3 fully saturated rings. The second-order valence-corrected chi connectivity index (χ2v) is 9.96. The zero-order valence-corrected chi connectivity index (χ0v) is 18.3. The molecule has 4 heteroatoms. The average molecular weight is 365 g/mol. The van der Waals surface area contributed by atoms with Gasteiger partial charge in [-0.05, 0) is 66.2 Å². The highest BCUT2D eigenvalue weighted by Crippen LogP contribution is 2.33. The number of likely N-dealkylation sites (tertiary alicyclic amines) is 2. The lowest BCUT2D eigenvalue weighted by molar-refractivity contribution is 0.0765. The monoisotopic (exact) mass is 364 g/mol. The van der Waals surface area contributed by atoms with Crippen LogP contribution in [-0.2, 0) is 0 Å². The quantitative estimate of drug-likeness (QED) is 0.689. The third kappa shape index (κ3) is 4.81. The Hall–Kier alpha value is -0.160. The van der Waals surface area contributed by atoms with Gasteiger partial charge in [0.25, 0.3) is 0 Å². The Balaban J connectivity index is 1.37. The van der Waals surface area contributed by atoms with Crippen molar-refractivity contribution in [3.63, 3.8) is 0 Å². The van der Waals surface area contributed by atoms with Crippen LogP contribution in [0, 0.1) is 11.8 Å². The lowest BCUT2D eigenvalue weighted by Crippen LogP contribution is -2.51. The number of hydrogen-bond acceptors (Lipinski definition) is 4. The summed E-state index contributed by atoms with van der Waals surface area (Å²) in [7, 11) is 0. The highest BCUT2D eigenvalue weighted by Gasteiger charge is 2.41. The molecule has 0 aromatic heterocycles. The normalized spacial score (nSPS) is 31.8. The maximum absolute atomic E-state index is 2.80. The van der Waals surface area contributed by atoms with Gasteiger partial charge in [0.15, 0.2) is 0 Å². The smallest absolute Gasteiger partial charge is 0.0113 e. The molecule has 0 spiro atoms. The van der Waals surface area contributed by atoms with E-state index in [1.807, 2.05) is 0 Å². The van der Waals surface area contributed by atoms with E-state index in [2.05, 4.69) is 61.1 Å². The first-order chi connectivity index (χ1) is 12.3. The molecule has 26 heavy (non-hydrogen) atoms. The highest BCUT2D eigenvalue weighted by atomic mass is 15.3. The van der Waals surface area contributed by atoms with Gasteiger partial charge >= 0.3 is 0 Å². The minimum atomic E-state index is 0.703. The number of piperazine rings is 1. The predicted molar refractivity (Wildman–Crippen MR) is 112 cm³/mol. The zero-order valence-electron chi connectivity index (χ0n) is 18.3. The Kier molecular flexibility index (Phi) is 7.04. The van der Waals surface area contributed by atoms with Gasteiger partial charge in [-0.1, -0.05) is 0 Å². The molecule has 3 aliphatic heterocycles. The predicted octanol–water partition coefficient (Wildman–Crippen LogP) is 2.84. The van der Waals surface area contributed by atoms with Crippen molar-refractivity contribution < 1.29 is 0 Å². The molecule has 3 saturated heterocycles. The Morgan fingerprint density at radius 2 is 0.923 bits per heavy atom. The van der Waals surface area contributed by atoms with Crippen molar-refractivity contribution >= 4 is 0 Å². The van der Waals surface area contributed by atoms with E-state index in [0.717, 1.165) is 30.0 Å². The van der Waals surface area contributed by atoms with Crippen LogP contribution in [0.1, 0.15) is 54.4 Å². The summed E-state index contributed by atoms with van der Waals surface area (Å²) in [5.41, 5.74) is 0. The van der Waals surface area contributed by atoms with Gasteiger partial charge in [0.1, 0.15) is 0 Å². The van der Waals surface area contributed by atoms with Gasteiger partial charge in [-0.25, -0.2) is 0 Å². The summed E-state index contributed by atoms with van der Waals surface area (Å²) in [4.78, 5) is 10.8. The second kappa shape index (κ2) is 8.89. The molecule has 0 bridgehead atoms. The van der Waals surface area contributed by atoms with Gasteiger partial charge < -0.3 is 4.90 Å². The molecular weight excluding hydrogens is 320 g/mol. The zero-order chi connectivity index (χ0) is 18.8. The molecule has 0 aromatic rings. The van der Waals surface area contributed by atoms with E-state index in [1.54, 1.807) is 0 Å². The molecule has 0 N–H and O–H groups in total. The van der Waals surface area contributed by atoms with Crippen molar-refractivity contribution in [1.82, 2.24) is 19.6 Å². The van der Waals surface area contributed by atoms with Crippen molar-refractivity contribution in [3.05, 3.63) is 0 Å². The number of hydrogen-bond donors (Lipinski definition) is 0. The van der Waals surface area contributed by atoms with Crippen LogP contribution in [0.25, 0.3) is 0 Å². The van der Waals surface area contributed by atoms with Crippen LogP contribution in [0.5, 0.6) is 0 Å². The first-order valence-corrected chi connectivity index (χ1v) is 11.3. The van der Waals surface area contributed by atoms with E-state index < -0.39 is 0 Å². The van der Waals surface area contributed by atoms with Crippen LogP contribution in [0.15, 0.2) is 0 Å². The first kappa shape index (κ1) is 20.6. The number of rotatable bonds is 7. The molecule has 3 heterocycles. The van der Waals surface area contributed by atoms with Crippen LogP contribution in [-0.4, -0.2) is 96.1 Å². The van der Waals surface area contributed by atoms with Gasteiger partial charge in [0.05, 0.1) is 0 Å². The molecule has 3 aliphatic rings. The summed E-state index contributed by atoms with van der Waals surface area (Å²) >= 11 is 0. The van der Waals surface area contributed by atoms with E-state index in [0.29, 0.717) is 6.04 Å². The summed E-state index contributed by atoms with van der Waals surface area (Å²) < 4.78 is 0. The van der Waals surface area contributed by atoms with E-state index in [9.17, 15) is 0 Å². The molecule has 0 saturated carbocycles. The maximum atomic E-state index is 2.80. The molecule has 0 radical (unpaired) electrons.